The predicted octanol–water partition coefficient (Wildman–Crippen LogP) is 4.78. The van der Waals surface area contributed by atoms with Crippen molar-refractivity contribution < 1.29 is 42.5 Å². The lowest BCUT2D eigenvalue weighted by molar-refractivity contribution is -0.169. The standard InChI is InChI=1S/C31H46N2O9/c1-20(2)27-17-23(37-4)13-21(3)14-24-15-25(16-26(40-24)18-30(35)42-27)41-29(34)11-7-6-9-22-19-39-28(33-22)10-8-12-32-31(36)38-5/h7-8,10-11,19-21,23-27H,6,9,12-18H2,1-5H3,(H,32,36). The number of cyclic esters (lactones) is 1. The monoisotopic (exact) mass is 590 g/mol. The van der Waals surface area contributed by atoms with Gasteiger partial charge in [0.2, 0.25) is 5.89 Å². The van der Waals surface area contributed by atoms with Crippen molar-refractivity contribution in [3.05, 3.63) is 36.1 Å². The van der Waals surface area contributed by atoms with Crippen molar-refractivity contribution in [3.63, 3.8) is 0 Å². The highest BCUT2D eigenvalue weighted by Gasteiger charge is 2.36. The maximum absolute atomic E-state index is 12.8. The van der Waals surface area contributed by atoms with Crippen molar-refractivity contribution in [1.29, 1.82) is 0 Å². The minimum absolute atomic E-state index is 0.00610. The number of hydrogen-bond donors (Lipinski definition) is 1. The predicted molar refractivity (Wildman–Crippen MR) is 154 cm³/mol. The van der Waals surface area contributed by atoms with E-state index in [1.807, 2.05) is 13.8 Å². The lowest BCUT2D eigenvalue weighted by Gasteiger charge is -2.37. The van der Waals surface area contributed by atoms with Gasteiger partial charge in [-0.1, -0.05) is 32.9 Å². The zero-order chi connectivity index (χ0) is 30.5. The van der Waals surface area contributed by atoms with Crippen LogP contribution in [-0.2, 0) is 39.7 Å². The fraction of sp³-hybridized carbons (Fsp3) is 0.677. The molecule has 2 aliphatic heterocycles. The van der Waals surface area contributed by atoms with E-state index in [0.29, 0.717) is 50.5 Å². The molecule has 0 spiro atoms. The molecule has 0 saturated carbocycles. The summed E-state index contributed by atoms with van der Waals surface area (Å²) in [6, 6.07) is 0. The number of aromatic nitrogens is 1. The maximum atomic E-state index is 12.8. The van der Waals surface area contributed by atoms with Gasteiger partial charge in [0.05, 0.1) is 37.5 Å². The van der Waals surface area contributed by atoms with E-state index in [9.17, 15) is 14.4 Å². The van der Waals surface area contributed by atoms with Gasteiger partial charge >= 0.3 is 18.0 Å². The summed E-state index contributed by atoms with van der Waals surface area (Å²) in [4.78, 5) is 40.8. The van der Waals surface area contributed by atoms with E-state index < -0.39 is 12.1 Å². The molecular weight excluding hydrogens is 544 g/mol. The summed E-state index contributed by atoms with van der Waals surface area (Å²) in [5.41, 5.74) is 0.744. The third-order valence-corrected chi connectivity index (χ3v) is 7.50. The molecule has 11 nitrogen and oxygen atoms in total. The van der Waals surface area contributed by atoms with Gasteiger partial charge in [-0.2, -0.15) is 0 Å². The fourth-order valence-corrected chi connectivity index (χ4v) is 5.35. The number of amides is 1. The first kappa shape index (κ1) is 33.3. The largest absolute Gasteiger partial charge is 0.462 e. The third-order valence-electron chi connectivity index (χ3n) is 7.50. The van der Waals surface area contributed by atoms with E-state index in [-0.39, 0.29) is 48.8 Å². The zero-order valence-corrected chi connectivity index (χ0v) is 25.4. The summed E-state index contributed by atoms with van der Waals surface area (Å²) in [5.74, 6) is 0.220. The van der Waals surface area contributed by atoms with E-state index in [1.54, 1.807) is 31.6 Å². The molecule has 6 unspecified atom stereocenters. The Morgan fingerprint density at radius 2 is 1.88 bits per heavy atom. The van der Waals surface area contributed by atoms with Crippen LogP contribution in [0.2, 0.25) is 0 Å². The Bertz CT molecular complexity index is 1070. The quantitative estimate of drug-likeness (QED) is 0.230. The molecule has 3 heterocycles. The van der Waals surface area contributed by atoms with Crippen LogP contribution in [-0.4, -0.2) is 74.3 Å². The number of alkyl carbamates (subject to hydrolysis) is 1. The normalized spacial score (nSPS) is 27.3. The summed E-state index contributed by atoms with van der Waals surface area (Å²) in [5, 5.41) is 2.53. The Hall–Kier alpha value is -3.18. The van der Waals surface area contributed by atoms with Gasteiger partial charge in [-0.15, -0.1) is 0 Å². The molecule has 42 heavy (non-hydrogen) atoms. The average Bonchev–Trinajstić information content (AvgIpc) is 3.39. The van der Waals surface area contributed by atoms with E-state index >= 15 is 0 Å². The fourth-order valence-electron chi connectivity index (χ4n) is 5.35. The van der Waals surface area contributed by atoms with Gasteiger partial charge in [-0.05, 0) is 43.6 Å². The van der Waals surface area contributed by atoms with Crippen LogP contribution in [0.4, 0.5) is 4.79 Å². The zero-order valence-electron chi connectivity index (χ0n) is 25.4. The van der Waals surface area contributed by atoms with Gasteiger partial charge in [0.25, 0.3) is 0 Å². The third kappa shape index (κ3) is 11.6. The molecule has 1 amide bonds. The molecule has 1 aromatic rings. The molecule has 11 heteroatoms. The molecule has 0 aliphatic carbocycles. The number of allylic oxidation sites excluding steroid dienone is 1. The van der Waals surface area contributed by atoms with Gasteiger partial charge in [-0.3, -0.25) is 4.79 Å². The summed E-state index contributed by atoms with van der Waals surface area (Å²) >= 11 is 0. The van der Waals surface area contributed by atoms with Crippen molar-refractivity contribution in [2.75, 3.05) is 20.8 Å². The molecule has 2 saturated heterocycles. The first-order chi connectivity index (χ1) is 20.1. The maximum Gasteiger partial charge on any atom is 0.407 e. The summed E-state index contributed by atoms with van der Waals surface area (Å²) < 4.78 is 33.5. The number of hydrogen-bond acceptors (Lipinski definition) is 10. The van der Waals surface area contributed by atoms with Crippen molar-refractivity contribution in [2.45, 2.75) is 103 Å². The molecule has 3 rings (SSSR count). The van der Waals surface area contributed by atoms with Crippen LogP contribution in [0.5, 0.6) is 0 Å². The number of esters is 2. The van der Waals surface area contributed by atoms with Crippen molar-refractivity contribution >= 4 is 24.1 Å². The lowest BCUT2D eigenvalue weighted by Crippen LogP contribution is -2.41. The van der Waals surface area contributed by atoms with Crippen LogP contribution in [0.1, 0.15) is 77.3 Å². The molecule has 2 bridgehead atoms. The van der Waals surface area contributed by atoms with E-state index in [4.69, 9.17) is 23.4 Å². The SMILES string of the molecule is COC(=O)NCC=Cc1nc(CCC=CC(=O)OC2CC3CC(=O)OC(C(C)C)CC(OC)CC(C)CC(C2)O3)co1. The number of fused-ring (bicyclic) bond motifs is 2. The number of aryl methyl sites for hydroxylation is 1. The topological polar surface area (TPSA) is 135 Å². The molecule has 2 aliphatic rings. The summed E-state index contributed by atoms with van der Waals surface area (Å²) in [6.45, 7) is 6.57. The Labute approximate surface area is 248 Å². The Morgan fingerprint density at radius 3 is 2.62 bits per heavy atom. The minimum atomic E-state index is -0.514. The van der Waals surface area contributed by atoms with Gasteiger partial charge in [-0.25, -0.2) is 14.6 Å². The number of carbonyl (C=O) groups is 3. The van der Waals surface area contributed by atoms with Crippen LogP contribution in [0.25, 0.3) is 6.08 Å². The molecule has 234 valence electrons. The van der Waals surface area contributed by atoms with E-state index in [1.165, 1.54) is 13.2 Å². The molecule has 1 aromatic heterocycles. The van der Waals surface area contributed by atoms with Gasteiger partial charge < -0.3 is 33.4 Å². The number of ether oxygens (including phenoxy) is 5. The second-order valence-corrected chi connectivity index (χ2v) is 11.4. The molecule has 2 fully saturated rings. The minimum Gasteiger partial charge on any atom is -0.462 e. The highest BCUT2D eigenvalue weighted by Crippen LogP contribution is 2.31. The van der Waals surface area contributed by atoms with E-state index in [2.05, 4.69) is 22.0 Å². The van der Waals surface area contributed by atoms with Crippen molar-refractivity contribution in [3.8, 4) is 0 Å². The number of carbonyl (C=O) groups excluding carboxylic acids is 3. The molecule has 0 radical (unpaired) electrons. The lowest BCUT2D eigenvalue weighted by atomic mass is 9.88. The number of nitrogens with one attached hydrogen (secondary N) is 1. The number of nitrogens with zero attached hydrogens (tertiary/aromatic N) is 1. The molecule has 0 aromatic carbocycles. The Balaban J connectivity index is 1.50. The number of methoxy groups -OCH3 is 2. The first-order valence-corrected chi connectivity index (χ1v) is 14.8. The number of oxazole rings is 1. The molecular formula is C31H46N2O9. The highest BCUT2D eigenvalue weighted by molar-refractivity contribution is 5.82. The van der Waals surface area contributed by atoms with Crippen LogP contribution >= 0.6 is 0 Å². The Kier molecular flexibility index (Phi) is 13.5. The number of rotatable bonds is 10. The van der Waals surface area contributed by atoms with Crippen LogP contribution in [0.15, 0.2) is 28.9 Å². The Morgan fingerprint density at radius 1 is 1.10 bits per heavy atom. The van der Waals surface area contributed by atoms with Gasteiger partial charge in [0.15, 0.2) is 0 Å². The van der Waals surface area contributed by atoms with Crippen LogP contribution in [0, 0.1) is 11.8 Å². The van der Waals surface area contributed by atoms with E-state index in [0.717, 1.165) is 18.5 Å². The molecule has 6 atom stereocenters. The second-order valence-electron chi connectivity index (χ2n) is 11.4. The van der Waals surface area contributed by atoms with Crippen LogP contribution < -0.4 is 5.32 Å². The van der Waals surface area contributed by atoms with Gasteiger partial charge in [0.1, 0.15) is 18.5 Å². The summed E-state index contributed by atoms with van der Waals surface area (Å²) in [6.07, 6.45) is 11.2. The highest BCUT2D eigenvalue weighted by atomic mass is 16.6. The first-order valence-electron chi connectivity index (χ1n) is 14.8. The smallest absolute Gasteiger partial charge is 0.407 e. The van der Waals surface area contributed by atoms with Crippen molar-refractivity contribution in [1.82, 2.24) is 10.3 Å². The average molecular weight is 591 g/mol. The second kappa shape index (κ2) is 17.1. The summed E-state index contributed by atoms with van der Waals surface area (Å²) in [7, 11) is 3.00. The van der Waals surface area contributed by atoms with Crippen molar-refractivity contribution in [2.24, 2.45) is 11.8 Å². The van der Waals surface area contributed by atoms with Gasteiger partial charge in [0, 0.05) is 39.0 Å². The van der Waals surface area contributed by atoms with Crippen LogP contribution in [0.3, 0.4) is 0 Å². The molecule has 1 N–H and O–H groups in total.